The van der Waals surface area contributed by atoms with Gasteiger partial charge in [-0.05, 0) is 67.1 Å². The number of para-hydroxylation sites is 2. The first kappa shape index (κ1) is 50.9. The van der Waals surface area contributed by atoms with E-state index in [1.807, 2.05) is 0 Å². The molecule has 0 aliphatic carbocycles. The number of nitrogens with zero attached hydrogens (tertiary/aromatic N) is 3. The molecule has 0 fully saturated rings. The van der Waals surface area contributed by atoms with E-state index in [4.69, 9.17) is 5.32 Å². The van der Waals surface area contributed by atoms with E-state index in [9.17, 15) is 0 Å². The zero-order valence-electron chi connectivity index (χ0n) is 41.5. The average Bonchev–Trinajstić information content (AvgIpc) is 3.59. The van der Waals surface area contributed by atoms with Crippen LogP contribution in [-0.4, -0.2) is 15.2 Å². The van der Waals surface area contributed by atoms with Crippen molar-refractivity contribution in [2.24, 2.45) is 0 Å². The van der Waals surface area contributed by atoms with Gasteiger partial charge in [-0.15, -0.1) is 11.4 Å². The van der Waals surface area contributed by atoms with E-state index in [2.05, 4.69) is 246 Å². The second kappa shape index (κ2) is 18.9. The molecule has 0 saturated carbocycles. The summed E-state index contributed by atoms with van der Waals surface area (Å²) in [6, 6.07) is 30.8. The standard InChI is InChI=1S/C28H38N2.C28H42N.Au/c1-19(2)22-12-10-13-23(20(3)4)26(22)29-16-17-30(18-29)27-24(21(5)6)14-11-15-25(27)28(7,8)9;1-25(2,3)19-13-20(26(4,5)6)16-23(15-19)29-24-17-21(27(7,8)9)14-22(18-24)28(10,11)12;/h10-17,19-21H,1-9H3;13-18H,1-12H3;/q+2;-1;+1. The van der Waals surface area contributed by atoms with Crippen molar-refractivity contribution in [1.82, 2.24) is 0 Å². The fourth-order valence-electron chi connectivity index (χ4n) is 7.49. The summed E-state index contributed by atoms with van der Waals surface area (Å²) in [5.41, 5.74) is 15.9. The molecule has 1 heterocycles. The SMILES string of the molecule is CC(C)(C)c1cc([N-]c2cc(C(C)(C)C)cc(C(C)(C)C)c2)cc(C(C)(C)C)c1.CC(C)c1cccc(C(C)C)c1[N+]1=C=[N+](c2c(C(C)C)cccc2C(C)(C)C)C=C1.[Au+]. The van der Waals surface area contributed by atoms with Crippen LogP contribution in [0.25, 0.3) is 5.32 Å². The van der Waals surface area contributed by atoms with Gasteiger partial charge in [0.2, 0.25) is 11.4 Å². The van der Waals surface area contributed by atoms with Crippen LogP contribution >= 0.6 is 0 Å². The van der Waals surface area contributed by atoms with Crippen LogP contribution in [0.2, 0.25) is 0 Å². The minimum absolute atomic E-state index is 0. The van der Waals surface area contributed by atoms with Crippen LogP contribution in [0.15, 0.2) is 85.2 Å². The summed E-state index contributed by atoms with van der Waals surface area (Å²) in [5.74, 6) is 1.35. The van der Waals surface area contributed by atoms with Crippen LogP contribution in [-0.2, 0) is 49.5 Å². The molecule has 328 valence electrons. The van der Waals surface area contributed by atoms with Crippen LogP contribution < -0.4 is 0 Å². The van der Waals surface area contributed by atoms with Gasteiger partial charge >= 0.3 is 28.4 Å². The third-order valence-corrected chi connectivity index (χ3v) is 11.5. The van der Waals surface area contributed by atoms with Crippen molar-refractivity contribution >= 4 is 28.8 Å². The number of hydrogen-bond donors (Lipinski definition) is 0. The average molecular weight is 992 g/mol. The molecule has 0 bridgehead atoms. The second-order valence-corrected chi connectivity index (χ2v) is 23.0. The molecular weight excluding hydrogens is 912 g/mol. The molecule has 60 heavy (non-hydrogen) atoms. The van der Waals surface area contributed by atoms with E-state index in [0.717, 1.165) is 11.4 Å². The Kier molecular flexibility index (Phi) is 16.0. The maximum Gasteiger partial charge on any atom is 1.00 e. The fourth-order valence-corrected chi connectivity index (χ4v) is 7.49. The van der Waals surface area contributed by atoms with Crippen LogP contribution in [0, 0.1) is 0 Å². The molecule has 0 radical (unpaired) electrons. The molecule has 0 atom stereocenters. The number of rotatable bonds is 7. The van der Waals surface area contributed by atoms with Crippen molar-refractivity contribution in [1.29, 1.82) is 0 Å². The molecule has 5 rings (SSSR count). The zero-order chi connectivity index (χ0) is 44.6. The topological polar surface area (TPSA) is 20.1 Å². The summed E-state index contributed by atoms with van der Waals surface area (Å²) in [4.78, 5) is 0. The maximum atomic E-state index is 5.14. The van der Waals surface area contributed by atoms with Crippen LogP contribution in [0.4, 0.5) is 22.7 Å². The molecular formula is C56H80AuN3+2. The predicted octanol–water partition coefficient (Wildman–Crippen LogP) is 17.2. The summed E-state index contributed by atoms with van der Waals surface area (Å²) in [7, 11) is 0. The molecule has 4 aromatic carbocycles. The van der Waals surface area contributed by atoms with Gasteiger partial charge in [0.05, 0.1) is 0 Å². The Labute approximate surface area is 383 Å². The van der Waals surface area contributed by atoms with Gasteiger partial charge in [0.1, 0.15) is 0 Å². The van der Waals surface area contributed by atoms with Gasteiger partial charge in [-0.2, -0.15) is 0 Å². The first-order valence-electron chi connectivity index (χ1n) is 22.2. The molecule has 0 unspecified atom stereocenters. The Morgan fingerprint density at radius 3 is 1.02 bits per heavy atom. The Hall–Kier alpha value is -3.46. The summed E-state index contributed by atoms with van der Waals surface area (Å²) in [6.07, 6.45) is 4.33. The van der Waals surface area contributed by atoms with Gasteiger partial charge in [0.25, 0.3) is 12.4 Å². The van der Waals surface area contributed by atoms with Crippen molar-refractivity contribution in [3.63, 3.8) is 0 Å². The monoisotopic (exact) mass is 992 g/mol. The second-order valence-electron chi connectivity index (χ2n) is 23.0. The first-order valence-corrected chi connectivity index (χ1v) is 22.2. The molecule has 0 saturated heterocycles. The molecule has 0 aromatic heterocycles. The summed E-state index contributed by atoms with van der Waals surface area (Å²) in [6.45, 7) is 47.8. The van der Waals surface area contributed by atoms with E-state index >= 15 is 0 Å². The summed E-state index contributed by atoms with van der Waals surface area (Å²) < 4.78 is 4.41. The fraction of sp³-hybridized carbons (Fsp3) is 0.518. The number of benzene rings is 4. The van der Waals surface area contributed by atoms with Gasteiger partial charge in [-0.1, -0.05) is 227 Å². The third-order valence-electron chi connectivity index (χ3n) is 11.5. The van der Waals surface area contributed by atoms with Crippen LogP contribution in [0.5, 0.6) is 0 Å². The Morgan fingerprint density at radius 1 is 0.417 bits per heavy atom. The van der Waals surface area contributed by atoms with Crippen molar-refractivity contribution in [3.8, 4) is 0 Å². The van der Waals surface area contributed by atoms with E-state index in [1.165, 1.54) is 55.9 Å². The van der Waals surface area contributed by atoms with E-state index < -0.39 is 0 Å². The normalized spacial score (nSPS) is 13.6. The Morgan fingerprint density at radius 2 is 0.717 bits per heavy atom. The van der Waals surface area contributed by atoms with Crippen LogP contribution in [0.3, 0.4) is 0 Å². The van der Waals surface area contributed by atoms with Gasteiger partial charge in [-0.25, -0.2) is 0 Å². The van der Waals surface area contributed by atoms with Crippen molar-refractivity contribution in [2.75, 3.05) is 0 Å². The minimum Gasteiger partial charge on any atom is -0.658 e. The zero-order valence-corrected chi connectivity index (χ0v) is 43.6. The molecule has 0 N–H and O–H groups in total. The van der Waals surface area contributed by atoms with Gasteiger partial charge in [0, 0.05) is 22.3 Å². The minimum atomic E-state index is 0. The molecule has 1 aliphatic heterocycles. The maximum absolute atomic E-state index is 5.14. The first-order chi connectivity index (χ1) is 26.9. The van der Waals surface area contributed by atoms with Crippen molar-refractivity contribution in [2.45, 2.75) is 190 Å². The summed E-state index contributed by atoms with van der Waals surface area (Å²) in [5, 5.41) is 5.14. The third kappa shape index (κ3) is 12.6. The van der Waals surface area contributed by atoms with Crippen LogP contribution in [0.1, 0.15) is 208 Å². The predicted molar refractivity (Wildman–Crippen MR) is 258 cm³/mol. The molecule has 0 amide bonds. The van der Waals surface area contributed by atoms with Gasteiger partial charge in [0.15, 0.2) is 0 Å². The quantitative estimate of drug-likeness (QED) is 0.130. The molecule has 3 nitrogen and oxygen atoms in total. The van der Waals surface area contributed by atoms with E-state index in [0.29, 0.717) is 17.8 Å². The van der Waals surface area contributed by atoms with Crippen molar-refractivity contribution in [3.05, 3.63) is 135 Å². The van der Waals surface area contributed by atoms with E-state index in [-0.39, 0.29) is 49.5 Å². The Balaban J connectivity index is 0.000000315. The molecule has 4 aromatic rings. The Bertz CT molecular complexity index is 2060. The van der Waals surface area contributed by atoms with Gasteiger partial charge < -0.3 is 5.32 Å². The van der Waals surface area contributed by atoms with Gasteiger partial charge in [-0.3, -0.25) is 0 Å². The molecule has 1 aliphatic rings. The summed E-state index contributed by atoms with van der Waals surface area (Å²) >= 11 is 0. The number of hydrogen-bond acceptors (Lipinski definition) is 0. The van der Waals surface area contributed by atoms with Crippen molar-refractivity contribution < 1.29 is 31.5 Å². The van der Waals surface area contributed by atoms with E-state index in [1.54, 1.807) is 0 Å². The molecule has 0 spiro atoms. The molecule has 4 heteroatoms. The smallest absolute Gasteiger partial charge is 0.658 e. The largest absolute Gasteiger partial charge is 1.00 e.